The van der Waals surface area contributed by atoms with Crippen LogP contribution in [-0.2, 0) is 0 Å². The summed E-state index contributed by atoms with van der Waals surface area (Å²) in [4.78, 5) is 2.79. The topological polar surface area (TPSA) is 15.3 Å². The van der Waals surface area contributed by atoms with E-state index in [9.17, 15) is 0 Å². The summed E-state index contributed by atoms with van der Waals surface area (Å²) >= 11 is 0. The maximum atomic E-state index is 3.64. The van der Waals surface area contributed by atoms with Crippen LogP contribution in [0.15, 0.2) is 0 Å². The fourth-order valence-corrected chi connectivity index (χ4v) is 4.00. The van der Waals surface area contributed by atoms with E-state index in [0.717, 1.165) is 24.5 Å². The zero-order valence-corrected chi connectivity index (χ0v) is 12.5. The number of likely N-dealkylation sites (N-methyl/N-ethyl adjacent to an activating group) is 1. The lowest BCUT2D eigenvalue weighted by Crippen LogP contribution is -2.50. The summed E-state index contributed by atoms with van der Waals surface area (Å²) in [6.45, 7) is 8.34. The molecule has 0 radical (unpaired) electrons. The van der Waals surface area contributed by atoms with Crippen LogP contribution in [0.2, 0.25) is 0 Å². The van der Waals surface area contributed by atoms with Gasteiger partial charge in [0.05, 0.1) is 0 Å². The van der Waals surface area contributed by atoms with Crippen molar-refractivity contribution in [3.05, 3.63) is 0 Å². The van der Waals surface area contributed by atoms with E-state index in [1.807, 2.05) is 0 Å². The van der Waals surface area contributed by atoms with Gasteiger partial charge in [0, 0.05) is 18.6 Å². The van der Waals surface area contributed by atoms with Gasteiger partial charge in [-0.2, -0.15) is 0 Å². The Morgan fingerprint density at radius 2 is 1.83 bits per heavy atom. The third-order valence-electron chi connectivity index (χ3n) is 4.98. The predicted octanol–water partition coefficient (Wildman–Crippen LogP) is 3.42. The molecular weight excluding hydrogens is 220 g/mol. The number of rotatable bonds is 5. The minimum Gasteiger partial charge on any atom is -0.313 e. The first kappa shape index (κ1) is 14.3. The van der Waals surface area contributed by atoms with Crippen LogP contribution >= 0.6 is 0 Å². The van der Waals surface area contributed by atoms with Gasteiger partial charge in [-0.3, -0.25) is 4.90 Å². The van der Waals surface area contributed by atoms with Gasteiger partial charge in [0.1, 0.15) is 0 Å². The van der Waals surface area contributed by atoms with Crippen molar-refractivity contribution in [3.63, 3.8) is 0 Å². The maximum Gasteiger partial charge on any atom is 0.0195 e. The van der Waals surface area contributed by atoms with E-state index in [1.54, 1.807) is 0 Å². The number of hydrogen-bond acceptors (Lipinski definition) is 2. The van der Waals surface area contributed by atoms with Gasteiger partial charge < -0.3 is 5.32 Å². The molecule has 1 N–H and O–H groups in total. The van der Waals surface area contributed by atoms with Crippen molar-refractivity contribution in [2.75, 3.05) is 19.6 Å². The maximum absolute atomic E-state index is 3.64. The minimum atomic E-state index is 0.761. The minimum absolute atomic E-state index is 0.761. The number of likely N-dealkylation sites (tertiary alicyclic amines) is 1. The number of hydrogen-bond donors (Lipinski definition) is 1. The van der Waals surface area contributed by atoms with Crippen LogP contribution in [0.25, 0.3) is 0 Å². The Morgan fingerprint density at radius 3 is 2.50 bits per heavy atom. The second-order valence-electron chi connectivity index (χ2n) is 6.35. The van der Waals surface area contributed by atoms with Gasteiger partial charge in [-0.25, -0.2) is 0 Å². The average molecular weight is 252 g/mol. The molecule has 1 heterocycles. The highest BCUT2D eigenvalue weighted by Crippen LogP contribution is 2.31. The highest BCUT2D eigenvalue weighted by molar-refractivity contribution is 4.85. The van der Waals surface area contributed by atoms with E-state index in [1.165, 1.54) is 64.5 Å². The first-order valence-electron chi connectivity index (χ1n) is 8.30. The van der Waals surface area contributed by atoms with Crippen molar-refractivity contribution in [1.82, 2.24) is 10.2 Å². The molecule has 1 saturated heterocycles. The van der Waals surface area contributed by atoms with Crippen LogP contribution in [0, 0.1) is 5.92 Å². The summed E-state index contributed by atoms with van der Waals surface area (Å²) in [7, 11) is 0. The zero-order valence-electron chi connectivity index (χ0n) is 12.5. The van der Waals surface area contributed by atoms with Gasteiger partial charge in [-0.1, -0.05) is 26.7 Å². The molecule has 0 aromatic heterocycles. The van der Waals surface area contributed by atoms with Crippen LogP contribution in [0.3, 0.4) is 0 Å². The summed E-state index contributed by atoms with van der Waals surface area (Å²) in [5, 5.41) is 3.64. The Kier molecular flexibility index (Phi) is 5.97. The molecule has 2 nitrogen and oxygen atoms in total. The normalized spacial score (nSPS) is 34.7. The molecule has 0 aromatic carbocycles. The van der Waals surface area contributed by atoms with Crippen LogP contribution in [0.5, 0.6) is 0 Å². The summed E-state index contributed by atoms with van der Waals surface area (Å²) in [5.74, 6) is 1.04. The molecule has 1 unspecified atom stereocenters. The van der Waals surface area contributed by atoms with Crippen LogP contribution in [0.1, 0.15) is 65.2 Å². The Hall–Kier alpha value is -0.0800. The van der Waals surface area contributed by atoms with E-state index in [2.05, 4.69) is 24.1 Å². The molecule has 0 bridgehead atoms. The van der Waals surface area contributed by atoms with Gasteiger partial charge in [0.15, 0.2) is 0 Å². The van der Waals surface area contributed by atoms with Crippen LogP contribution in [-0.4, -0.2) is 36.6 Å². The Balaban J connectivity index is 1.75. The van der Waals surface area contributed by atoms with Crippen molar-refractivity contribution in [1.29, 1.82) is 0 Å². The summed E-state index contributed by atoms with van der Waals surface area (Å²) in [5.41, 5.74) is 0. The third-order valence-corrected chi connectivity index (χ3v) is 4.98. The smallest absolute Gasteiger partial charge is 0.0195 e. The van der Waals surface area contributed by atoms with Crippen molar-refractivity contribution >= 4 is 0 Å². The molecule has 1 aliphatic heterocycles. The lowest BCUT2D eigenvalue weighted by molar-refractivity contribution is 0.0963. The third kappa shape index (κ3) is 3.96. The summed E-state index contributed by atoms with van der Waals surface area (Å²) in [6.07, 6.45) is 11.5. The molecule has 0 aromatic rings. The van der Waals surface area contributed by atoms with E-state index in [4.69, 9.17) is 0 Å². The van der Waals surface area contributed by atoms with Crippen molar-refractivity contribution < 1.29 is 0 Å². The molecule has 2 fully saturated rings. The highest BCUT2D eigenvalue weighted by Gasteiger charge is 2.28. The van der Waals surface area contributed by atoms with E-state index in [-0.39, 0.29) is 0 Å². The molecular formula is C16H32N2. The summed E-state index contributed by atoms with van der Waals surface area (Å²) in [6, 6.07) is 1.66. The second kappa shape index (κ2) is 7.49. The second-order valence-corrected chi connectivity index (χ2v) is 6.35. The Labute approximate surface area is 114 Å². The number of piperidine rings is 1. The largest absolute Gasteiger partial charge is 0.313 e. The van der Waals surface area contributed by atoms with Crippen molar-refractivity contribution in [2.24, 2.45) is 5.92 Å². The average Bonchev–Trinajstić information content (AvgIpc) is 2.41. The summed E-state index contributed by atoms with van der Waals surface area (Å²) < 4.78 is 0. The number of nitrogens with one attached hydrogen (secondary N) is 1. The first-order valence-corrected chi connectivity index (χ1v) is 8.30. The molecule has 18 heavy (non-hydrogen) atoms. The van der Waals surface area contributed by atoms with E-state index < -0.39 is 0 Å². The molecule has 2 heteroatoms. The monoisotopic (exact) mass is 252 g/mol. The molecule has 106 valence electrons. The van der Waals surface area contributed by atoms with Gasteiger partial charge in [-0.05, 0) is 57.5 Å². The lowest BCUT2D eigenvalue weighted by atomic mass is 9.82. The number of nitrogens with zero attached hydrogens (tertiary/aromatic N) is 1. The molecule has 0 amide bonds. The fourth-order valence-electron chi connectivity index (χ4n) is 4.00. The van der Waals surface area contributed by atoms with Crippen LogP contribution in [0.4, 0.5) is 0 Å². The molecule has 0 spiro atoms. The van der Waals surface area contributed by atoms with Crippen LogP contribution < -0.4 is 5.32 Å². The fraction of sp³-hybridized carbons (Fsp3) is 1.00. The quantitative estimate of drug-likeness (QED) is 0.806. The molecule has 1 saturated carbocycles. The van der Waals surface area contributed by atoms with Gasteiger partial charge in [0.25, 0.3) is 0 Å². The Morgan fingerprint density at radius 1 is 1.06 bits per heavy atom. The Bertz CT molecular complexity index is 219. The first-order chi connectivity index (χ1) is 8.83. The zero-order chi connectivity index (χ0) is 12.8. The molecule has 1 atom stereocenters. The standard InChI is InChI=1S/C16H32N2/c1-3-6-14-8-10-16(11-9-14)18-12-5-7-15(13-18)17-4-2/h14-17H,3-13H2,1-2H3. The molecule has 2 rings (SSSR count). The predicted molar refractivity (Wildman–Crippen MR) is 78.9 cm³/mol. The van der Waals surface area contributed by atoms with E-state index >= 15 is 0 Å². The van der Waals surface area contributed by atoms with Crippen molar-refractivity contribution in [3.8, 4) is 0 Å². The highest BCUT2D eigenvalue weighted by atomic mass is 15.2. The van der Waals surface area contributed by atoms with Crippen molar-refractivity contribution in [2.45, 2.75) is 77.3 Å². The SMILES string of the molecule is CCCC1CCC(N2CCCC(NCC)C2)CC1. The van der Waals surface area contributed by atoms with E-state index in [0.29, 0.717) is 0 Å². The van der Waals surface area contributed by atoms with Gasteiger partial charge in [-0.15, -0.1) is 0 Å². The molecule has 1 aliphatic carbocycles. The van der Waals surface area contributed by atoms with Gasteiger partial charge >= 0.3 is 0 Å². The van der Waals surface area contributed by atoms with Gasteiger partial charge in [0.2, 0.25) is 0 Å². The molecule has 2 aliphatic rings. The lowest BCUT2D eigenvalue weighted by Gasteiger charge is -2.41.